The topological polar surface area (TPSA) is 61.6 Å². The Hall–Kier alpha value is -2.04. The highest BCUT2D eigenvalue weighted by molar-refractivity contribution is 5.85. The first-order valence-electron chi connectivity index (χ1n) is 5.32. The maximum absolute atomic E-state index is 11.4. The van der Waals surface area contributed by atoms with Gasteiger partial charge in [-0.15, -0.1) is 0 Å². The number of hydrogen-bond acceptors (Lipinski definition) is 5. The summed E-state index contributed by atoms with van der Waals surface area (Å²) in [6, 6.07) is 5.33. The second-order valence-corrected chi connectivity index (χ2v) is 3.47. The van der Waals surface area contributed by atoms with Gasteiger partial charge in [-0.1, -0.05) is 5.16 Å². The van der Waals surface area contributed by atoms with Gasteiger partial charge in [0.05, 0.1) is 20.1 Å². The van der Waals surface area contributed by atoms with E-state index in [1.54, 1.807) is 32.2 Å². The summed E-state index contributed by atoms with van der Waals surface area (Å²) in [7, 11) is 1.58. The molecule has 0 saturated heterocycles. The third kappa shape index (κ3) is 2.38. The highest BCUT2D eigenvalue weighted by atomic mass is 16.5. The largest absolute Gasteiger partial charge is 0.497 e. The summed E-state index contributed by atoms with van der Waals surface area (Å²) in [5.41, 5.74) is 1.20. The lowest BCUT2D eigenvalue weighted by atomic mass is 10.1. The molecule has 0 N–H and O–H groups in total. The van der Waals surface area contributed by atoms with Crippen molar-refractivity contribution in [2.75, 3.05) is 13.7 Å². The Bertz CT molecular complexity index is 532. The van der Waals surface area contributed by atoms with Crippen molar-refractivity contribution in [1.82, 2.24) is 5.16 Å². The summed E-state index contributed by atoms with van der Waals surface area (Å²) in [4.78, 5) is 11.4. The van der Waals surface area contributed by atoms with E-state index in [2.05, 4.69) is 5.16 Å². The van der Waals surface area contributed by atoms with E-state index in [4.69, 9.17) is 14.0 Å². The van der Waals surface area contributed by atoms with E-state index in [1.807, 2.05) is 0 Å². The molecule has 0 atom stereocenters. The van der Waals surface area contributed by atoms with Crippen molar-refractivity contribution in [2.24, 2.45) is 0 Å². The quantitative estimate of drug-likeness (QED) is 0.758. The third-order valence-corrected chi connectivity index (χ3v) is 2.37. The predicted molar refractivity (Wildman–Crippen MR) is 60.9 cm³/mol. The van der Waals surface area contributed by atoms with Gasteiger partial charge in [0, 0.05) is 5.39 Å². The second kappa shape index (κ2) is 4.86. The molecule has 90 valence electrons. The van der Waals surface area contributed by atoms with E-state index in [1.165, 1.54) is 0 Å². The second-order valence-electron chi connectivity index (χ2n) is 3.47. The van der Waals surface area contributed by atoms with E-state index in [0.29, 0.717) is 23.6 Å². The lowest BCUT2D eigenvalue weighted by Gasteiger charge is -2.00. The van der Waals surface area contributed by atoms with Crippen LogP contribution in [0.15, 0.2) is 22.7 Å². The van der Waals surface area contributed by atoms with Gasteiger partial charge in [0.15, 0.2) is 5.58 Å². The maximum Gasteiger partial charge on any atom is 0.312 e. The zero-order valence-electron chi connectivity index (χ0n) is 9.73. The lowest BCUT2D eigenvalue weighted by Crippen LogP contribution is -2.07. The Labute approximate surface area is 98.3 Å². The van der Waals surface area contributed by atoms with Crippen LogP contribution in [-0.2, 0) is 16.0 Å². The average Bonchev–Trinajstić information content (AvgIpc) is 2.72. The molecule has 0 aliphatic carbocycles. The van der Waals surface area contributed by atoms with Crippen LogP contribution < -0.4 is 4.74 Å². The van der Waals surface area contributed by atoms with Gasteiger partial charge in [-0.05, 0) is 25.1 Å². The number of fused-ring (bicyclic) bond motifs is 1. The van der Waals surface area contributed by atoms with Gasteiger partial charge in [-0.25, -0.2) is 0 Å². The summed E-state index contributed by atoms with van der Waals surface area (Å²) >= 11 is 0. The zero-order valence-corrected chi connectivity index (χ0v) is 9.73. The van der Waals surface area contributed by atoms with Crippen molar-refractivity contribution in [3.05, 3.63) is 23.9 Å². The molecular weight excluding hydrogens is 222 g/mol. The Morgan fingerprint density at radius 3 is 3.00 bits per heavy atom. The molecule has 5 heteroatoms. The van der Waals surface area contributed by atoms with E-state index in [-0.39, 0.29) is 12.4 Å². The van der Waals surface area contributed by atoms with E-state index >= 15 is 0 Å². The van der Waals surface area contributed by atoms with Crippen LogP contribution in [0.5, 0.6) is 5.75 Å². The van der Waals surface area contributed by atoms with Crippen molar-refractivity contribution in [2.45, 2.75) is 13.3 Å². The summed E-state index contributed by atoms with van der Waals surface area (Å²) in [6.45, 7) is 2.12. The minimum Gasteiger partial charge on any atom is -0.497 e. The number of hydrogen-bond donors (Lipinski definition) is 0. The van der Waals surface area contributed by atoms with Crippen LogP contribution in [0.1, 0.15) is 12.6 Å². The van der Waals surface area contributed by atoms with E-state index < -0.39 is 0 Å². The Kier molecular flexibility index (Phi) is 3.27. The van der Waals surface area contributed by atoms with Crippen molar-refractivity contribution in [1.29, 1.82) is 0 Å². The molecule has 0 radical (unpaired) electrons. The van der Waals surface area contributed by atoms with Gasteiger partial charge in [-0.2, -0.15) is 0 Å². The van der Waals surface area contributed by atoms with Crippen molar-refractivity contribution >= 4 is 16.9 Å². The molecule has 17 heavy (non-hydrogen) atoms. The molecule has 0 unspecified atom stereocenters. The third-order valence-electron chi connectivity index (χ3n) is 2.37. The number of carbonyl (C=O) groups is 1. The standard InChI is InChI=1S/C12H13NO4/c1-3-16-12(14)7-10-9-6-8(15-2)4-5-11(9)17-13-10/h4-6H,3,7H2,1-2H3. The fourth-order valence-corrected chi connectivity index (χ4v) is 1.57. The number of carbonyl (C=O) groups excluding carboxylic acids is 1. The molecule has 0 spiro atoms. The average molecular weight is 235 g/mol. The van der Waals surface area contributed by atoms with Gasteiger partial charge in [-0.3, -0.25) is 4.79 Å². The molecule has 0 saturated carbocycles. The molecule has 2 aromatic rings. The van der Waals surface area contributed by atoms with E-state index in [9.17, 15) is 4.79 Å². The molecule has 0 amide bonds. The fraction of sp³-hybridized carbons (Fsp3) is 0.333. The van der Waals surface area contributed by atoms with Crippen molar-refractivity contribution < 1.29 is 18.8 Å². The van der Waals surface area contributed by atoms with Crippen molar-refractivity contribution in [3.63, 3.8) is 0 Å². The van der Waals surface area contributed by atoms with Crippen LogP contribution >= 0.6 is 0 Å². The van der Waals surface area contributed by atoms with Crippen LogP contribution in [0.4, 0.5) is 0 Å². The summed E-state index contributed by atoms with van der Waals surface area (Å²) < 4.78 is 15.1. The van der Waals surface area contributed by atoms with Crippen LogP contribution in [0.3, 0.4) is 0 Å². The van der Waals surface area contributed by atoms with Gasteiger partial charge in [0.25, 0.3) is 0 Å². The van der Waals surface area contributed by atoms with E-state index in [0.717, 1.165) is 5.39 Å². The molecule has 0 aliphatic heterocycles. The van der Waals surface area contributed by atoms with Crippen molar-refractivity contribution in [3.8, 4) is 5.75 Å². The molecule has 0 fully saturated rings. The first-order chi connectivity index (χ1) is 8.24. The smallest absolute Gasteiger partial charge is 0.312 e. The number of nitrogens with zero attached hydrogens (tertiary/aromatic N) is 1. The predicted octanol–water partition coefficient (Wildman–Crippen LogP) is 1.94. The van der Waals surface area contributed by atoms with Crippen LogP contribution in [0.25, 0.3) is 11.0 Å². The van der Waals surface area contributed by atoms with Gasteiger partial charge < -0.3 is 14.0 Å². The Balaban J connectivity index is 2.30. The minimum atomic E-state index is -0.314. The van der Waals surface area contributed by atoms with Gasteiger partial charge in [0.2, 0.25) is 0 Å². The molecule has 0 bridgehead atoms. The minimum absolute atomic E-state index is 0.105. The Morgan fingerprint density at radius 1 is 1.47 bits per heavy atom. The molecule has 1 aromatic heterocycles. The number of ether oxygens (including phenoxy) is 2. The SMILES string of the molecule is CCOC(=O)Cc1noc2ccc(OC)cc12. The monoisotopic (exact) mass is 235 g/mol. The first-order valence-corrected chi connectivity index (χ1v) is 5.32. The summed E-state index contributed by atoms with van der Waals surface area (Å²) in [5, 5.41) is 4.64. The maximum atomic E-state index is 11.4. The molecule has 5 nitrogen and oxygen atoms in total. The van der Waals surface area contributed by atoms with Crippen LogP contribution in [-0.4, -0.2) is 24.8 Å². The normalized spacial score (nSPS) is 10.5. The summed E-state index contributed by atoms with van der Waals surface area (Å²) in [6.07, 6.45) is 0.105. The first kappa shape index (κ1) is 11.4. The molecule has 0 aliphatic rings. The number of esters is 1. The highest BCUT2D eigenvalue weighted by Gasteiger charge is 2.13. The highest BCUT2D eigenvalue weighted by Crippen LogP contribution is 2.24. The number of rotatable bonds is 4. The number of aromatic nitrogens is 1. The summed E-state index contributed by atoms with van der Waals surface area (Å²) in [5.74, 6) is 0.385. The molecule has 2 rings (SSSR count). The Morgan fingerprint density at radius 2 is 2.29 bits per heavy atom. The van der Waals surface area contributed by atoms with Crippen LogP contribution in [0.2, 0.25) is 0 Å². The van der Waals surface area contributed by atoms with Crippen LogP contribution in [0, 0.1) is 0 Å². The number of benzene rings is 1. The van der Waals surface area contributed by atoms with Gasteiger partial charge >= 0.3 is 5.97 Å². The fourth-order valence-electron chi connectivity index (χ4n) is 1.57. The molecule has 1 heterocycles. The molecular formula is C12H13NO4. The lowest BCUT2D eigenvalue weighted by molar-refractivity contribution is -0.142. The zero-order chi connectivity index (χ0) is 12.3. The number of methoxy groups -OCH3 is 1. The molecule has 1 aromatic carbocycles. The van der Waals surface area contributed by atoms with Gasteiger partial charge in [0.1, 0.15) is 11.4 Å².